The third-order valence-electron chi connectivity index (χ3n) is 4.70. The summed E-state index contributed by atoms with van der Waals surface area (Å²) < 4.78 is 33.3. The van der Waals surface area contributed by atoms with Crippen LogP contribution in [-0.4, -0.2) is 35.9 Å². The maximum absolute atomic E-state index is 14.6. The quantitative estimate of drug-likeness (QED) is 0.256. The van der Waals surface area contributed by atoms with Gasteiger partial charge in [-0.1, -0.05) is 31.2 Å². The molecule has 0 saturated carbocycles. The van der Waals surface area contributed by atoms with E-state index < -0.39 is 25.6 Å². The molecule has 0 spiro atoms. The standard InChI is InChI=1S/C24H31ClFN3O4Si/c1-24(2,3)33-23(30)28-19-8-7-16(13-18(19)26)32-20-9-10-27-22-21(20)17(25)14-29(22)15-31-11-12-34(4,5)6/h7-10,13-14H,11-12,15H2,1-6H3,(H,28,30). The molecule has 0 unspecified atom stereocenters. The van der Waals surface area contributed by atoms with Crippen molar-refractivity contribution in [2.75, 3.05) is 11.9 Å². The highest BCUT2D eigenvalue weighted by Gasteiger charge is 2.19. The number of rotatable bonds is 8. The molecule has 0 aliphatic carbocycles. The zero-order valence-electron chi connectivity index (χ0n) is 20.4. The molecule has 1 N–H and O–H groups in total. The van der Waals surface area contributed by atoms with Gasteiger partial charge in [0.25, 0.3) is 0 Å². The van der Waals surface area contributed by atoms with Crippen LogP contribution in [0.3, 0.4) is 0 Å². The van der Waals surface area contributed by atoms with Crippen LogP contribution in [0.1, 0.15) is 20.8 Å². The molecule has 10 heteroatoms. The Balaban J connectivity index is 1.74. The van der Waals surface area contributed by atoms with Crippen LogP contribution in [0.2, 0.25) is 30.7 Å². The third kappa shape index (κ3) is 7.19. The number of benzene rings is 1. The van der Waals surface area contributed by atoms with Crippen LogP contribution in [0.25, 0.3) is 11.0 Å². The number of hydrogen-bond acceptors (Lipinski definition) is 5. The normalized spacial score (nSPS) is 12.1. The van der Waals surface area contributed by atoms with E-state index in [4.69, 9.17) is 25.8 Å². The van der Waals surface area contributed by atoms with Gasteiger partial charge in [-0.25, -0.2) is 14.2 Å². The molecule has 2 aromatic heterocycles. The number of nitrogens with one attached hydrogen (secondary N) is 1. The SMILES string of the molecule is CC(C)(C)OC(=O)Nc1ccc(Oc2ccnc3c2c(Cl)cn3COCC[Si](C)(C)C)cc1F. The lowest BCUT2D eigenvalue weighted by atomic mass is 10.2. The Bertz CT molecular complexity index is 1170. The van der Waals surface area contributed by atoms with Gasteiger partial charge in [0.2, 0.25) is 0 Å². The Morgan fingerprint density at radius 1 is 1.24 bits per heavy atom. The predicted molar refractivity (Wildman–Crippen MR) is 135 cm³/mol. The lowest BCUT2D eigenvalue weighted by Crippen LogP contribution is -2.27. The Kier molecular flexibility index (Phi) is 7.90. The molecule has 1 aromatic carbocycles. The summed E-state index contributed by atoms with van der Waals surface area (Å²) in [5.41, 5.74) is -0.0916. The molecular formula is C24H31ClFN3O4Si. The first-order valence-corrected chi connectivity index (χ1v) is 15.1. The van der Waals surface area contributed by atoms with Crippen molar-refractivity contribution in [3.05, 3.63) is 47.5 Å². The van der Waals surface area contributed by atoms with Gasteiger partial charge in [-0.05, 0) is 45.0 Å². The molecular weight excluding hydrogens is 477 g/mol. The second-order valence-electron chi connectivity index (χ2n) is 10.2. The van der Waals surface area contributed by atoms with Crippen molar-refractivity contribution in [2.45, 2.75) is 58.8 Å². The first kappa shape index (κ1) is 26.0. The summed E-state index contributed by atoms with van der Waals surface area (Å²) in [7, 11) is -1.18. The van der Waals surface area contributed by atoms with Crippen LogP contribution in [0.15, 0.2) is 36.7 Å². The molecule has 3 rings (SSSR count). The highest BCUT2D eigenvalue weighted by Crippen LogP contribution is 2.36. The molecule has 1 amide bonds. The minimum absolute atomic E-state index is 0.0128. The zero-order valence-corrected chi connectivity index (χ0v) is 22.1. The zero-order chi connectivity index (χ0) is 25.1. The van der Waals surface area contributed by atoms with Crippen molar-refractivity contribution in [3.8, 4) is 11.5 Å². The minimum atomic E-state index is -1.18. The lowest BCUT2D eigenvalue weighted by Gasteiger charge is -2.19. The summed E-state index contributed by atoms with van der Waals surface area (Å²) in [6.07, 6.45) is 2.60. The Labute approximate surface area is 205 Å². The second kappa shape index (κ2) is 10.3. The number of pyridine rings is 1. The summed E-state index contributed by atoms with van der Waals surface area (Å²) in [4.78, 5) is 16.3. The summed E-state index contributed by atoms with van der Waals surface area (Å²) in [6.45, 7) is 13.1. The van der Waals surface area contributed by atoms with Gasteiger partial charge in [0.05, 0.1) is 16.1 Å². The number of ether oxygens (including phenoxy) is 3. The van der Waals surface area contributed by atoms with Crippen LogP contribution in [-0.2, 0) is 16.2 Å². The van der Waals surface area contributed by atoms with E-state index in [9.17, 15) is 9.18 Å². The maximum atomic E-state index is 14.6. The van der Waals surface area contributed by atoms with E-state index >= 15 is 0 Å². The van der Waals surface area contributed by atoms with Gasteiger partial charge in [-0.3, -0.25) is 5.32 Å². The highest BCUT2D eigenvalue weighted by atomic mass is 35.5. The lowest BCUT2D eigenvalue weighted by molar-refractivity contribution is 0.0635. The average molecular weight is 508 g/mol. The second-order valence-corrected chi connectivity index (χ2v) is 16.2. The molecule has 0 aliphatic rings. The van der Waals surface area contributed by atoms with Crippen LogP contribution >= 0.6 is 11.6 Å². The van der Waals surface area contributed by atoms with Gasteiger partial charge in [-0.2, -0.15) is 0 Å². The Morgan fingerprint density at radius 3 is 2.62 bits per heavy atom. The van der Waals surface area contributed by atoms with Crippen molar-refractivity contribution in [3.63, 3.8) is 0 Å². The summed E-state index contributed by atoms with van der Waals surface area (Å²) in [6, 6.07) is 6.86. The topological polar surface area (TPSA) is 74.6 Å². The van der Waals surface area contributed by atoms with Crippen LogP contribution in [0.5, 0.6) is 11.5 Å². The first-order valence-electron chi connectivity index (χ1n) is 11.0. The average Bonchev–Trinajstić information content (AvgIpc) is 3.02. The number of carbonyl (C=O) groups excluding carboxylic acids is 1. The van der Waals surface area contributed by atoms with E-state index in [2.05, 4.69) is 29.9 Å². The van der Waals surface area contributed by atoms with Crippen molar-refractivity contribution >= 4 is 42.5 Å². The van der Waals surface area contributed by atoms with Crippen molar-refractivity contribution in [1.29, 1.82) is 0 Å². The van der Waals surface area contributed by atoms with E-state index in [1.54, 1.807) is 45.3 Å². The van der Waals surface area contributed by atoms with Crippen molar-refractivity contribution < 1.29 is 23.4 Å². The molecule has 34 heavy (non-hydrogen) atoms. The third-order valence-corrected chi connectivity index (χ3v) is 6.69. The molecule has 184 valence electrons. The maximum Gasteiger partial charge on any atom is 0.412 e. The van der Waals surface area contributed by atoms with Gasteiger partial charge in [0.1, 0.15) is 29.5 Å². The smallest absolute Gasteiger partial charge is 0.412 e. The minimum Gasteiger partial charge on any atom is -0.456 e. The van der Waals surface area contributed by atoms with Crippen LogP contribution in [0.4, 0.5) is 14.9 Å². The fourth-order valence-corrected chi connectivity index (χ4v) is 4.12. The Morgan fingerprint density at radius 2 is 1.97 bits per heavy atom. The van der Waals surface area contributed by atoms with E-state index in [1.165, 1.54) is 12.1 Å². The van der Waals surface area contributed by atoms with Crippen LogP contribution < -0.4 is 10.1 Å². The molecule has 0 fully saturated rings. The number of anilines is 1. The Hall–Kier alpha value is -2.62. The van der Waals surface area contributed by atoms with Crippen LogP contribution in [0, 0.1) is 5.82 Å². The molecule has 0 saturated heterocycles. The van der Waals surface area contributed by atoms with Gasteiger partial charge in [0.15, 0.2) is 5.82 Å². The number of hydrogen-bond donors (Lipinski definition) is 1. The molecule has 3 aromatic rings. The number of aromatic nitrogens is 2. The fourth-order valence-electron chi connectivity index (χ4n) is 3.06. The molecule has 0 atom stereocenters. The number of fused-ring (bicyclic) bond motifs is 1. The van der Waals surface area contributed by atoms with Gasteiger partial charge >= 0.3 is 6.09 Å². The van der Waals surface area contributed by atoms with Gasteiger partial charge in [0, 0.05) is 33.1 Å². The van der Waals surface area contributed by atoms with E-state index in [-0.39, 0.29) is 11.4 Å². The summed E-state index contributed by atoms with van der Waals surface area (Å²) in [5.74, 6) is 0.0196. The number of carbonyl (C=O) groups is 1. The molecule has 0 bridgehead atoms. The largest absolute Gasteiger partial charge is 0.456 e. The molecule has 0 aliphatic heterocycles. The number of amides is 1. The number of nitrogens with zero attached hydrogens (tertiary/aromatic N) is 2. The van der Waals surface area contributed by atoms with E-state index in [1.807, 2.05) is 4.57 Å². The first-order chi connectivity index (χ1) is 15.8. The number of halogens is 2. The van der Waals surface area contributed by atoms with Crippen molar-refractivity contribution in [1.82, 2.24) is 9.55 Å². The summed E-state index contributed by atoms with van der Waals surface area (Å²) in [5, 5.41) is 3.46. The van der Waals surface area contributed by atoms with E-state index in [0.29, 0.717) is 35.1 Å². The molecule has 2 heterocycles. The van der Waals surface area contributed by atoms with Gasteiger partial charge in [-0.15, -0.1) is 0 Å². The molecule has 7 nitrogen and oxygen atoms in total. The molecule has 0 radical (unpaired) electrons. The predicted octanol–water partition coefficient (Wildman–Crippen LogP) is 7.28. The van der Waals surface area contributed by atoms with E-state index in [0.717, 1.165) is 6.04 Å². The van der Waals surface area contributed by atoms with Crippen molar-refractivity contribution in [2.24, 2.45) is 0 Å². The van der Waals surface area contributed by atoms with Gasteiger partial charge < -0.3 is 18.8 Å². The monoisotopic (exact) mass is 507 g/mol. The summed E-state index contributed by atoms with van der Waals surface area (Å²) >= 11 is 6.48. The highest BCUT2D eigenvalue weighted by molar-refractivity contribution is 6.76. The fraction of sp³-hybridized carbons (Fsp3) is 0.417.